The third-order valence-electron chi connectivity index (χ3n) is 2.37. The van der Waals surface area contributed by atoms with Gasteiger partial charge in [0.05, 0.1) is 6.61 Å². The normalized spacial score (nSPS) is 15.3. The first kappa shape index (κ1) is 10.3. The number of hydrogen-bond acceptors (Lipinski definition) is 4. The Morgan fingerprint density at radius 2 is 2.20 bits per heavy atom. The van der Waals surface area contributed by atoms with Crippen LogP contribution in [0.3, 0.4) is 0 Å². The zero-order chi connectivity index (χ0) is 10.7. The van der Waals surface area contributed by atoms with Gasteiger partial charge in [-0.1, -0.05) is 6.07 Å². The average molecular weight is 209 g/mol. The third-order valence-corrected chi connectivity index (χ3v) is 2.37. The number of aliphatic hydroxyl groups excluding tert-OH is 1. The molecule has 0 aromatic heterocycles. The van der Waals surface area contributed by atoms with Crippen molar-refractivity contribution in [2.45, 2.75) is 19.5 Å². The molecule has 0 saturated heterocycles. The van der Waals surface area contributed by atoms with Crippen molar-refractivity contribution in [3.63, 3.8) is 0 Å². The summed E-state index contributed by atoms with van der Waals surface area (Å²) >= 11 is 0. The summed E-state index contributed by atoms with van der Waals surface area (Å²) in [5, 5.41) is 12.1. The van der Waals surface area contributed by atoms with Gasteiger partial charge in [-0.05, 0) is 24.6 Å². The molecule has 0 saturated carbocycles. The summed E-state index contributed by atoms with van der Waals surface area (Å²) in [6, 6.07) is 5.96. The Balaban J connectivity index is 1.98. The van der Waals surface area contributed by atoms with Crippen LogP contribution in [0.2, 0.25) is 0 Å². The average Bonchev–Trinajstić information content (AvgIpc) is 2.72. The summed E-state index contributed by atoms with van der Waals surface area (Å²) in [6.45, 7) is 3.11. The number of ether oxygens (including phenoxy) is 2. The molecule has 1 aliphatic heterocycles. The van der Waals surface area contributed by atoms with Crippen LogP contribution in [-0.2, 0) is 6.54 Å². The lowest BCUT2D eigenvalue weighted by atomic mass is 10.2. The predicted octanol–water partition coefficient (Wildman–Crippen LogP) is 0.886. The van der Waals surface area contributed by atoms with E-state index in [1.807, 2.05) is 25.1 Å². The van der Waals surface area contributed by atoms with E-state index in [-0.39, 0.29) is 12.6 Å². The first-order valence-electron chi connectivity index (χ1n) is 5.02. The van der Waals surface area contributed by atoms with Crippen molar-refractivity contribution in [2.75, 3.05) is 13.4 Å². The minimum Gasteiger partial charge on any atom is -0.454 e. The van der Waals surface area contributed by atoms with Crippen molar-refractivity contribution in [1.29, 1.82) is 0 Å². The Bertz CT molecular complexity index is 341. The fourth-order valence-electron chi connectivity index (χ4n) is 1.41. The van der Waals surface area contributed by atoms with E-state index in [4.69, 9.17) is 14.6 Å². The molecule has 1 aromatic carbocycles. The van der Waals surface area contributed by atoms with E-state index in [1.54, 1.807) is 0 Å². The molecular weight excluding hydrogens is 194 g/mol. The van der Waals surface area contributed by atoms with Gasteiger partial charge in [-0.25, -0.2) is 0 Å². The molecule has 1 heterocycles. The minimum atomic E-state index is 0.107. The van der Waals surface area contributed by atoms with Crippen molar-refractivity contribution in [3.05, 3.63) is 23.8 Å². The van der Waals surface area contributed by atoms with Crippen molar-refractivity contribution in [1.82, 2.24) is 5.32 Å². The third kappa shape index (κ3) is 2.40. The van der Waals surface area contributed by atoms with Crippen LogP contribution in [0.25, 0.3) is 0 Å². The molecule has 0 fully saturated rings. The second-order valence-electron chi connectivity index (χ2n) is 3.65. The Hall–Kier alpha value is -1.26. The molecule has 0 aliphatic carbocycles. The maximum Gasteiger partial charge on any atom is 0.231 e. The summed E-state index contributed by atoms with van der Waals surface area (Å²) in [7, 11) is 0. The number of benzene rings is 1. The van der Waals surface area contributed by atoms with E-state index in [2.05, 4.69) is 5.32 Å². The molecule has 1 aliphatic rings. The second-order valence-corrected chi connectivity index (χ2v) is 3.65. The summed E-state index contributed by atoms with van der Waals surface area (Å²) in [5.74, 6) is 1.60. The molecule has 0 bridgehead atoms. The molecule has 4 nitrogen and oxygen atoms in total. The Morgan fingerprint density at radius 1 is 1.40 bits per heavy atom. The lowest BCUT2D eigenvalue weighted by Crippen LogP contribution is -2.28. The SMILES string of the molecule is CC(CO)NCc1ccc2c(c1)OCO2. The van der Waals surface area contributed by atoms with Gasteiger partial charge in [0.15, 0.2) is 11.5 Å². The highest BCUT2D eigenvalue weighted by Crippen LogP contribution is 2.32. The van der Waals surface area contributed by atoms with Gasteiger partial charge in [0, 0.05) is 12.6 Å². The fraction of sp³-hybridized carbons (Fsp3) is 0.455. The summed E-state index contributed by atoms with van der Waals surface area (Å²) < 4.78 is 10.5. The van der Waals surface area contributed by atoms with Gasteiger partial charge in [-0.15, -0.1) is 0 Å². The van der Waals surface area contributed by atoms with Gasteiger partial charge < -0.3 is 19.9 Å². The molecule has 2 rings (SSSR count). The van der Waals surface area contributed by atoms with Crippen molar-refractivity contribution >= 4 is 0 Å². The van der Waals surface area contributed by atoms with E-state index in [9.17, 15) is 0 Å². The lowest BCUT2D eigenvalue weighted by Gasteiger charge is -2.10. The summed E-state index contributed by atoms with van der Waals surface area (Å²) in [4.78, 5) is 0. The van der Waals surface area contributed by atoms with E-state index in [0.29, 0.717) is 6.79 Å². The number of nitrogens with one attached hydrogen (secondary N) is 1. The highest BCUT2D eigenvalue weighted by molar-refractivity contribution is 5.44. The minimum absolute atomic E-state index is 0.107. The second kappa shape index (κ2) is 4.51. The van der Waals surface area contributed by atoms with Gasteiger partial charge >= 0.3 is 0 Å². The van der Waals surface area contributed by atoms with Gasteiger partial charge in [0.1, 0.15) is 0 Å². The molecule has 82 valence electrons. The number of fused-ring (bicyclic) bond motifs is 1. The Labute approximate surface area is 88.8 Å². The van der Waals surface area contributed by atoms with Crippen LogP contribution in [0, 0.1) is 0 Å². The highest BCUT2D eigenvalue weighted by Gasteiger charge is 2.13. The van der Waals surface area contributed by atoms with E-state index in [0.717, 1.165) is 23.6 Å². The number of aliphatic hydroxyl groups is 1. The van der Waals surface area contributed by atoms with Crippen LogP contribution >= 0.6 is 0 Å². The molecule has 0 radical (unpaired) electrons. The van der Waals surface area contributed by atoms with E-state index in [1.165, 1.54) is 0 Å². The molecule has 4 heteroatoms. The largest absolute Gasteiger partial charge is 0.454 e. The molecule has 0 amide bonds. The maximum atomic E-state index is 8.86. The maximum absolute atomic E-state index is 8.86. The summed E-state index contributed by atoms with van der Waals surface area (Å²) in [5.41, 5.74) is 1.12. The summed E-state index contributed by atoms with van der Waals surface area (Å²) in [6.07, 6.45) is 0. The number of rotatable bonds is 4. The lowest BCUT2D eigenvalue weighted by molar-refractivity contribution is 0.174. The van der Waals surface area contributed by atoms with Crippen LogP contribution in [0.5, 0.6) is 11.5 Å². The van der Waals surface area contributed by atoms with Gasteiger partial charge in [-0.3, -0.25) is 0 Å². The molecule has 0 spiro atoms. The van der Waals surface area contributed by atoms with E-state index >= 15 is 0 Å². The zero-order valence-corrected chi connectivity index (χ0v) is 8.69. The van der Waals surface area contributed by atoms with Crippen molar-refractivity contribution < 1.29 is 14.6 Å². The molecule has 15 heavy (non-hydrogen) atoms. The van der Waals surface area contributed by atoms with Crippen LogP contribution in [0.4, 0.5) is 0 Å². The predicted molar refractivity (Wildman–Crippen MR) is 56.0 cm³/mol. The smallest absolute Gasteiger partial charge is 0.231 e. The first-order chi connectivity index (χ1) is 7.29. The highest BCUT2D eigenvalue weighted by atomic mass is 16.7. The van der Waals surface area contributed by atoms with Crippen LogP contribution in [0.15, 0.2) is 18.2 Å². The first-order valence-corrected chi connectivity index (χ1v) is 5.02. The topological polar surface area (TPSA) is 50.7 Å². The molecular formula is C11H15NO3. The van der Waals surface area contributed by atoms with Crippen LogP contribution in [-0.4, -0.2) is 24.5 Å². The van der Waals surface area contributed by atoms with E-state index < -0.39 is 0 Å². The monoisotopic (exact) mass is 209 g/mol. The standard InChI is InChI=1S/C11H15NO3/c1-8(6-13)12-5-9-2-3-10-11(4-9)15-7-14-10/h2-4,8,12-13H,5-7H2,1H3. The van der Waals surface area contributed by atoms with Crippen molar-refractivity contribution in [2.24, 2.45) is 0 Å². The van der Waals surface area contributed by atoms with Gasteiger partial charge in [0.25, 0.3) is 0 Å². The molecule has 1 aromatic rings. The molecule has 1 atom stereocenters. The fourth-order valence-corrected chi connectivity index (χ4v) is 1.41. The van der Waals surface area contributed by atoms with Gasteiger partial charge in [-0.2, -0.15) is 0 Å². The molecule has 2 N–H and O–H groups in total. The van der Waals surface area contributed by atoms with Crippen molar-refractivity contribution in [3.8, 4) is 11.5 Å². The zero-order valence-electron chi connectivity index (χ0n) is 8.69. The quantitative estimate of drug-likeness (QED) is 0.773. The van der Waals surface area contributed by atoms with Crippen LogP contribution < -0.4 is 14.8 Å². The van der Waals surface area contributed by atoms with Gasteiger partial charge in [0.2, 0.25) is 6.79 Å². The Kier molecular flexibility index (Phi) is 3.08. The molecule has 1 unspecified atom stereocenters. The Morgan fingerprint density at radius 3 is 3.00 bits per heavy atom. The number of hydrogen-bond donors (Lipinski definition) is 2. The van der Waals surface area contributed by atoms with Crippen LogP contribution in [0.1, 0.15) is 12.5 Å².